The van der Waals surface area contributed by atoms with Crippen LogP contribution in [0.1, 0.15) is 0 Å². The summed E-state index contributed by atoms with van der Waals surface area (Å²) < 4.78 is 5.02. The van der Waals surface area contributed by atoms with E-state index in [1.807, 2.05) is 0 Å². The maximum Gasteiger partial charge on any atom is 0.100 e. The van der Waals surface area contributed by atoms with Gasteiger partial charge in [0, 0.05) is 54.2 Å². The summed E-state index contributed by atoms with van der Waals surface area (Å²) in [4.78, 5) is 11.4. The highest BCUT2D eigenvalue weighted by Crippen LogP contribution is 2.49. The van der Waals surface area contributed by atoms with Crippen molar-refractivity contribution in [2.75, 3.05) is 0 Å². The number of fused-ring (bicyclic) bond motifs is 16. The van der Waals surface area contributed by atoms with Crippen LogP contribution in [0.5, 0.6) is 0 Å². The van der Waals surface area contributed by atoms with E-state index in [1.54, 1.807) is 0 Å². The molecule has 0 bridgehead atoms. The third-order valence-electron chi connectivity index (χ3n) is 10.5. The van der Waals surface area contributed by atoms with E-state index >= 15 is 0 Å². The number of hydrogen-bond acceptors (Lipinski definition) is 2. The van der Waals surface area contributed by atoms with Crippen molar-refractivity contribution in [3.8, 4) is 22.5 Å². The molecule has 0 radical (unpaired) electrons. The fourth-order valence-corrected chi connectivity index (χ4v) is 8.69. The van der Waals surface area contributed by atoms with Crippen molar-refractivity contribution in [1.29, 1.82) is 0 Å². The van der Waals surface area contributed by atoms with Crippen molar-refractivity contribution in [2.24, 2.45) is 0 Å². The molecule has 48 heavy (non-hydrogen) atoms. The molecule has 0 amide bonds. The molecule has 0 fully saturated rings. The average Bonchev–Trinajstić information content (AvgIpc) is 3.89. The molecule has 0 aliphatic carbocycles. The normalized spacial score (nSPS) is 12.6. The molecule has 0 atom stereocenters. The van der Waals surface area contributed by atoms with Crippen LogP contribution < -0.4 is 0 Å². The second-order valence-corrected chi connectivity index (χ2v) is 12.9. The molecule has 0 saturated heterocycles. The molecule has 0 saturated carbocycles. The zero-order valence-electron chi connectivity index (χ0n) is 25.6. The van der Waals surface area contributed by atoms with E-state index in [-0.39, 0.29) is 0 Å². The molecule has 7 aromatic carbocycles. The molecule has 0 unspecified atom stereocenters. The summed E-state index contributed by atoms with van der Waals surface area (Å²) in [6.07, 6.45) is 0. The van der Waals surface area contributed by atoms with Gasteiger partial charge in [0.15, 0.2) is 0 Å². The van der Waals surface area contributed by atoms with Crippen LogP contribution in [0.3, 0.4) is 0 Å². The predicted octanol–water partition coefficient (Wildman–Crippen LogP) is 11.3. The lowest BCUT2D eigenvalue weighted by Gasteiger charge is -2.13. The number of nitrogens with zero attached hydrogens (tertiary/aromatic N) is 4. The van der Waals surface area contributed by atoms with Crippen LogP contribution in [0.25, 0.3) is 110 Å². The Morgan fingerprint density at radius 2 is 0.688 bits per heavy atom. The van der Waals surface area contributed by atoms with Gasteiger partial charge >= 0.3 is 0 Å². The van der Waals surface area contributed by atoms with Gasteiger partial charge in [0.05, 0.1) is 44.5 Å². The minimum Gasteiger partial charge on any atom is -0.306 e. The van der Waals surface area contributed by atoms with Gasteiger partial charge in [-0.3, -0.25) is 0 Å². The van der Waals surface area contributed by atoms with Gasteiger partial charge < -0.3 is 8.80 Å². The molecule has 220 valence electrons. The van der Waals surface area contributed by atoms with Gasteiger partial charge in [-0.05, 0) is 12.1 Å². The minimum atomic E-state index is 0.895. The molecule has 5 aromatic heterocycles. The Bertz CT molecular complexity index is 3040. The third kappa shape index (κ3) is 2.84. The van der Waals surface area contributed by atoms with Crippen molar-refractivity contribution in [2.45, 2.75) is 0 Å². The highest BCUT2D eigenvalue weighted by atomic mass is 15.0. The minimum absolute atomic E-state index is 0.895. The summed E-state index contributed by atoms with van der Waals surface area (Å²) in [7, 11) is 0. The quantitative estimate of drug-likeness (QED) is 0.196. The van der Waals surface area contributed by atoms with E-state index in [0.717, 1.165) is 44.3 Å². The summed E-state index contributed by atoms with van der Waals surface area (Å²) in [6.45, 7) is 0. The number of aromatic nitrogens is 4. The molecule has 5 heterocycles. The van der Waals surface area contributed by atoms with E-state index in [9.17, 15) is 0 Å². The Balaban J connectivity index is 1.45. The Labute approximate surface area is 273 Å². The fourth-order valence-electron chi connectivity index (χ4n) is 8.69. The zero-order valence-corrected chi connectivity index (χ0v) is 25.6. The molecule has 0 aliphatic rings. The lowest BCUT2D eigenvalue weighted by molar-refractivity contribution is 1.30. The Morgan fingerprint density at radius 1 is 0.312 bits per heavy atom. The van der Waals surface area contributed by atoms with Gasteiger partial charge in [0.25, 0.3) is 0 Å². The van der Waals surface area contributed by atoms with E-state index in [4.69, 9.17) is 9.97 Å². The Hall–Kier alpha value is -6.52. The number of hydrogen-bond donors (Lipinski definition) is 0. The summed E-state index contributed by atoms with van der Waals surface area (Å²) in [6, 6.07) is 52.1. The van der Waals surface area contributed by atoms with Crippen LogP contribution in [0.2, 0.25) is 0 Å². The van der Waals surface area contributed by atoms with Gasteiger partial charge in [0.1, 0.15) is 11.0 Å². The summed E-state index contributed by atoms with van der Waals surface area (Å²) >= 11 is 0. The first kappa shape index (κ1) is 24.7. The van der Waals surface area contributed by atoms with Crippen molar-refractivity contribution < 1.29 is 0 Å². The zero-order chi connectivity index (χ0) is 31.1. The summed E-state index contributed by atoms with van der Waals surface area (Å²) in [5.41, 5.74) is 13.0. The van der Waals surface area contributed by atoms with Gasteiger partial charge in [0.2, 0.25) is 0 Å². The van der Waals surface area contributed by atoms with E-state index in [2.05, 4.69) is 154 Å². The second-order valence-electron chi connectivity index (χ2n) is 12.9. The molecule has 0 aliphatic heterocycles. The first-order valence-electron chi connectivity index (χ1n) is 16.5. The lowest BCUT2D eigenvalue weighted by atomic mass is 10.00. The highest BCUT2D eigenvalue weighted by molar-refractivity contribution is 6.39. The lowest BCUT2D eigenvalue weighted by Crippen LogP contribution is -1.97. The standard InChI is InChI=1S/C44H24N4/c1-3-13-25(14-4-1)37-38(26-15-5-2-6-16-26)46-40-36-32-22-12-20-30-28-18-8-10-24-34(28)48(42(30)32)44(36)43-35(39(40)45-37)31-21-11-19-29-27-17-7-9-23-33(27)47(43)41(29)31/h1-24H. The first-order valence-corrected chi connectivity index (χ1v) is 16.5. The SMILES string of the molecule is c1ccc(-c2nc3c(nc2-c2ccccc2)c2c4cccc5c6ccccc6n(c54)c2c2c3c3cccc4c5ccccc5n2c43)cc1. The molecule has 4 nitrogen and oxygen atoms in total. The van der Waals surface area contributed by atoms with Crippen molar-refractivity contribution in [3.05, 3.63) is 146 Å². The number of benzene rings is 7. The maximum atomic E-state index is 5.69. The van der Waals surface area contributed by atoms with Crippen LogP contribution in [0, 0.1) is 0 Å². The van der Waals surface area contributed by atoms with Crippen molar-refractivity contribution in [1.82, 2.24) is 18.8 Å². The van der Waals surface area contributed by atoms with Crippen molar-refractivity contribution in [3.63, 3.8) is 0 Å². The topological polar surface area (TPSA) is 34.6 Å². The van der Waals surface area contributed by atoms with Gasteiger partial charge in [-0.25, -0.2) is 9.97 Å². The second kappa shape index (κ2) is 8.64. The van der Waals surface area contributed by atoms with Gasteiger partial charge in [-0.15, -0.1) is 0 Å². The Kier molecular flexibility index (Phi) is 4.44. The number of para-hydroxylation sites is 4. The van der Waals surface area contributed by atoms with E-state index < -0.39 is 0 Å². The first-order chi connectivity index (χ1) is 23.9. The van der Waals surface area contributed by atoms with Gasteiger partial charge in [-0.2, -0.15) is 0 Å². The smallest absolute Gasteiger partial charge is 0.100 e. The third-order valence-corrected chi connectivity index (χ3v) is 10.5. The van der Waals surface area contributed by atoms with E-state index in [0.29, 0.717) is 0 Å². The molecule has 12 rings (SSSR count). The van der Waals surface area contributed by atoms with Crippen molar-refractivity contribution >= 4 is 87.2 Å². The van der Waals surface area contributed by atoms with Gasteiger partial charge in [-0.1, -0.05) is 133 Å². The van der Waals surface area contributed by atoms with Crippen LogP contribution in [0.4, 0.5) is 0 Å². The van der Waals surface area contributed by atoms with Crippen LogP contribution in [-0.4, -0.2) is 18.8 Å². The monoisotopic (exact) mass is 608 g/mol. The molecule has 12 aromatic rings. The predicted molar refractivity (Wildman–Crippen MR) is 200 cm³/mol. The largest absolute Gasteiger partial charge is 0.306 e. The van der Waals surface area contributed by atoms with Crippen LogP contribution in [0.15, 0.2) is 146 Å². The van der Waals surface area contributed by atoms with E-state index in [1.165, 1.54) is 65.4 Å². The Morgan fingerprint density at radius 3 is 1.15 bits per heavy atom. The molecule has 0 N–H and O–H groups in total. The van der Waals surface area contributed by atoms with Crippen LogP contribution in [-0.2, 0) is 0 Å². The van der Waals surface area contributed by atoms with Crippen LogP contribution >= 0.6 is 0 Å². The molecular weight excluding hydrogens is 585 g/mol. The average molecular weight is 609 g/mol. The fraction of sp³-hybridized carbons (Fsp3) is 0. The molecular formula is C44H24N4. The highest BCUT2D eigenvalue weighted by Gasteiger charge is 2.29. The maximum absolute atomic E-state index is 5.69. The molecule has 4 heteroatoms. The number of rotatable bonds is 2. The summed E-state index contributed by atoms with van der Waals surface area (Å²) in [5, 5.41) is 9.76. The summed E-state index contributed by atoms with van der Waals surface area (Å²) in [5.74, 6) is 0. The molecule has 0 spiro atoms.